The number of Topliss-reactive ketones (excluding diaryl/α,β-unsaturated/α-hetero) is 1. The molecule has 0 spiro atoms. The Labute approximate surface area is 144 Å². The summed E-state index contributed by atoms with van der Waals surface area (Å²) < 4.78 is 5.09. The smallest absolute Gasteiger partial charge is 0.340 e. The minimum Gasteiger partial charge on any atom is -0.454 e. The monoisotopic (exact) mass is 345 g/mol. The minimum absolute atomic E-state index is 0.171. The Morgan fingerprint density at radius 2 is 1.83 bits per heavy atom. The molecule has 0 aliphatic carbocycles. The molecule has 0 saturated heterocycles. The van der Waals surface area contributed by atoms with Gasteiger partial charge in [-0.3, -0.25) is 9.59 Å². The lowest BCUT2D eigenvalue weighted by Gasteiger charge is -2.16. The fraction of sp³-hybridized carbons (Fsp3) is 0.278. The Kier molecular flexibility index (Phi) is 5.51. The highest BCUT2D eigenvalue weighted by Crippen LogP contribution is 2.19. The molecule has 2 aromatic rings. The second-order valence-electron chi connectivity index (χ2n) is 6.26. The molecule has 0 saturated carbocycles. The van der Waals surface area contributed by atoms with Gasteiger partial charge in [0.2, 0.25) is 0 Å². The molecule has 1 heterocycles. The maximum Gasteiger partial charge on any atom is 0.340 e. The van der Waals surface area contributed by atoms with E-state index < -0.39 is 11.4 Å². The van der Waals surface area contributed by atoms with Crippen LogP contribution in [0.15, 0.2) is 41.1 Å². The summed E-state index contributed by atoms with van der Waals surface area (Å²) in [7, 11) is 0. The van der Waals surface area contributed by atoms with Crippen LogP contribution in [0.25, 0.3) is 0 Å². The van der Waals surface area contributed by atoms with Crippen LogP contribution >= 0.6 is 11.3 Å². The van der Waals surface area contributed by atoms with Crippen LogP contribution in [0.3, 0.4) is 0 Å². The first-order valence-electron chi connectivity index (χ1n) is 7.42. The molecule has 0 aliphatic rings. The van der Waals surface area contributed by atoms with Crippen LogP contribution in [0.4, 0.5) is 5.69 Å². The molecule has 6 heteroatoms. The number of nitrogens with one attached hydrogen (secondary N) is 1. The van der Waals surface area contributed by atoms with Gasteiger partial charge in [0.25, 0.3) is 5.91 Å². The molecule has 24 heavy (non-hydrogen) atoms. The Morgan fingerprint density at radius 1 is 1.12 bits per heavy atom. The molecule has 0 bridgehead atoms. The predicted molar refractivity (Wildman–Crippen MR) is 93.5 cm³/mol. The SMILES string of the molecule is CC(C)(C)C(=O)COC(=O)c1ccccc1NC(=O)c1ccsc1. The van der Waals surface area contributed by atoms with Crippen LogP contribution in [0.2, 0.25) is 0 Å². The summed E-state index contributed by atoms with van der Waals surface area (Å²) in [5.41, 5.74) is 0.503. The van der Waals surface area contributed by atoms with Crippen LogP contribution < -0.4 is 5.32 Å². The maximum atomic E-state index is 12.2. The molecule has 0 aliphatic heterocycles. The van der Waals surface area contributed by atoms with Crippen molar-refractivity contribution in [2.45, 2.75) is 20.8 Å². The highest BCUT2D eigenvalue weighted by molar-refractivity contribution is 7.08. The average molecular weight is 345 g/mol. The zero-order chi connectivity index (χ0) is 17.7. The summed E-state index contributed by atoms with van der Waals surface area (Å²) in [5, 5.41) is 6.21. The van der Waals surface area contributed by atoms with Gasteiger partial charge >= 0.3 is 5.97 Å². The standard InChI is InChI=1S/C18H19NO4S/c1-18(2,3)15(20)10-23-17(22)13-6-4-5-7-14(13)19-16(21)12-8-9-24-11-12/h4-9,11H,10H2,1-3H3,(H,19,21). The molecule has 1 amide bonds. The van der Waals surface area contributed by atoms with Crippen molar-refractivity contribution in [1.82, 2.24) is 0 Å². The molecule has 0 unspecified atom stereocenters. The normalized spacial score (nSPS) is 11.0. The molecule has 1 N–H and O–H groups in total. The van der Waals surface area contributed by atoms with Crippen molar-refractivity contribution in [3.63, 3.8) is 0 Å². The molecule has 1 aromatic carbocycles. The second-order valence-corrected chi connectivity index (χ2v) is 7.04. The summed E-state index contributed by atoms with van der Waals surface area (Å²) in [6, 6.07) is 8.24. The lowest BCUT2D eigenvalue weighted by Crippen LogP contribution is -2.26. The van der Waals surface area contributed by atoms with Gasteiger partial charge in [-0.15, -0.1) is 0 Å². The third kappa shape index (κ3) is 4.52. The van der Waals surface area contributed by atoms with E-state index in [0.29, 0.717) is 11.3 Å². The van der Waals surface area contributed by atoms with Crippen molar-refractivity contribution in [2.24, 2.45) is 5.41 Å². The third-order valence-corrected chi connectivity index (χ3v) is 4.03. The Hall–Kier alpha value is -2.47. The summed E-state index contributed by atoms with van der Waals surface area (Å²) in [6.07, 6.45) is 0. The zero-order valence-electron chi connectivity index (χ0n) is 13.8. The lowest BCUT2D eigenvalue weighted by molar-refractivity contribution is -0.129. The summed E-state index contributed by atoms with van der Waals surface area (Å²) in [6.45, 7) is 4.99. The number of hydrogen-bond acceptors (Lipinski definition) is 5. The van der Waals surface area contributed by atoms with Gasteiger partial charge in [0.05, 0.1) is 16.8 Å². The van der Waals surface area contributed by atoms with Crippen molar-refractivity contribution >= 4 is 34.7 Å². The molecule has 0 atom stereocenters. The Morgan fingerprint density at radius 3 is 2.46 bits per heavy atom. The number of ketones is 1. The number of para-hydroxylation sites is 1. The van der Waals surface area contributed by atoms with Crippen molar-refractivity contribution < 1.29 is 19.1 Å². The molecule has 1 aromatic heterocycles. The molecular formula is C18H19NO4S. The summed E-state index contributed by atoms with van der Waals surface area (Å²) >= 11 is 1.41. The average Bonchev–Trinajstić information content (AvgIpc) is 3.06. The summed E-state index contributed by atoms with van der Waals surface area (Å²) in [5.74, 6) is -1.12. The van der Waals surface area contributed by atoms with Gasteiger partial charge < -0.3 is 10.1 Å². The Balaban J connectivity index is 2.09. The van der Waals surface area contributed by atoms with Gasteiger partial charge in [-0.05, 0) is 23.6 Å². The van der Waals surface area contributed by atoms with Gasteiger partial charge in [0.15, 0.2) is 12.4 Å². The molecular weight excluding hydrogens is 326 g/mol. The zero-order valence-corrected chi connectivity index (χ0v) is 14.6. The summed E-state index contributed by atoms with van der Waals surface area (Å²) in [4.78, 5) is 36.3. The number of carbonyl (C=O) groups excluding carboxylic acids is 3. The van der Waals surface area contributed by atoms with Crippen LogP contribution in [0.1, 0.15) is 41.5 Å². The number of thiophene rings is 1. The van der Waals surface area contributed by atoms with Crippen LogP contribution in [0, 0.1) is 5.41 Å². The highest BCUT2D eigenvalue weighted by Gasteiger charge is 2.23. The minimum atomic E-state index is -0.645. The van der Waals surface area contributed by atoms with Gasteiger partial charge in [-0.25, -0.2) is 4.79 Å². The molecule has 0 fully saturated rings. The molecule has 0 radical (unpaired) electrons. The lowest BCUT2D eigenvalue weighted by atomic mass is 9.91. The van der Waals surface area contributed by atoms with Crippen molar-refractivity contribution in [1.29, 1.82) is 0 Å². The number of anilines is 1. The van der Waals surface area contributed by atoms with E-state index in [4.69, 9.17) is 4.74 Å². The van der Waals surface area contributed by atoms with E-state index >= 15 is 0 Å². The van der Waals surface area contributed by atoms with Crippen molar-refractivity contribution in [3.05, 3.63) is 52.2 Å². The Bertz CT molecular complexity index is 745. The number of carbonyl (C=O) groups is 3. The van der Waals surface area contributed by atoms with Gasteiger partial charge in [0, 0.05) is 10.8 Å². The van der Waals surface area contributed by atoms with Crippen LogP contribution in [0.5, 0.6) is 0 Å². The largest absolute Gasteiger partial charge is 0.454 e. The molecule has 5 nitrogen and oxygen atoms in total. The van der Waals surface area contributed by atoms with E-state index in [1.165, 1.54) is 11.3 Å². The van der Waals surface area contributed by atoms with E-state index in [-0.39, 0.29) is 23.9 Å². The highest BCUT2D eigenvalue weighted by atomic mass is 32.1. The van der Waals surface area contributed by atoms with E-state index in [1.54, 1.807) is 61.9 Å². The molecule has 2 rings (SSSR count). The quantitative estimate of drug-likeness (QED) is 0.837. The van der Waals surface area contributed by atoms with E-state index in [0.717, 1.165) is 0 Å². The second kappa shape index (κ2) is 7.40. The fourth-order valence-electron chi connectivity index (χ4n) is 1.78. The topological polar surface area (TPSA) is 72.5 Å². The van der Waals surface area contributed by atoms with Crippen LogP contribution in [-0.2, 0) is 9.53 Å². The van der Waals surface area contributed by atoms with Gasteiger partial charge in [0.1, 0.15) is 0 Å². The number of benzene rings is 1. The number of hydrogen-bond donors (Lipinski definition) is 1. The maximum absolute atomic E-state index is 12.2. The van der Waals surface area contributed by atoms with E-state index in [1.807, 2.05) is 0 Å². The molecule has 126 valence electrons. The number of ether oxygens (including phenoxy) is 1. The third-order valence-electron chi connectivity index (χ3n) is 3.35. The van der Waals surface area contributed by atoms with Crippen LogP contribution in [-0.4, -0.2) is 24.3 Å². The number of rotatable bonds is 5. The first-order valence-corrected chi connectivity index (χ1v) is 8.36. The van der Waals surface area contributed by atoms with Crippen molar-refractivity contribution in [3.8, 4) is 0 Å². The van der Waals surface area contributed by atoms with Gasteiger partial charge in [-0.1, -0.05) is 32.9 Å². The van der Waals surface area contributed by atoms with E-state index in [9.17, 15) is 14.4 Å². The number of esters is 1. The predicted octanol–water partition coefficient (Wildman–Crippen LogP) is 3.77. The fourth-order valence-corrected chi connectivity index (χ4v) is 2.42. The van der Waals surface area contributed by atoms with E-state index in [2.05, 4.69) is 5.32 Å². The number of amides is 1. The first-order chi connectivity index (χ1) is 11.3. The van der Waals surface area contributed by atoms with Crippen molar-refractivity contribution in [2.75, 3.05) is 11.9 Å². The van der Waals surface area contributed by atoms with Gasteiger partial charge in [-0.2, -0.15) is 11.3 Å². The first kappa shape index (κ1) is 17.9.